The van der Waals surface area contributed by atoms with Gasteiger partial charge in [0.25, 0.3) is 0 Å². The summed E-state index contributed by atoms with van der Waals surface area (Å²) in [6, 6.07) is 14.6. The quantitative estimate of drug-likeness (QED) is 0.368. The highest BCUT2D eigenvalue weighted by Gasteiger charge is 2.13. The number of anilines is 1. The summed E-state index contributed by atoms with van der Waals surface area (Å²) in [6.45, 7) is 0.367. The second-order valence-corrected chi connectivity index (χ2v) is 6.40. The van der Waals surface area contributed by atoms with Gasteiger partial charge in [0.2, 0.25) is 0 Å². The molecule has 130 valence electrons. The first-order valence-electron chi connectivity index (χ1n) is 7.97. The lowest BCUT2D eigenvalue weighted by Crippen LogP contribution is -2.36. The molecule has 3 N–H and O–H groups in total. The summed E-state index contributed by atoms with van der Waals surface area (Å²) in [7, 11) is 0. The van der Waals surface area contributed by atoms with Gasteiger partial charge in [-0.1, -0.05) is 18.2 Å². The van der Waals surface area contributed by atoms with Gasteiger partial charge in [-0.25, -0.2) is 0 Å². The van der Waals surface area contributed by atoms with Gasteiger partial charge in [-0.3, -0.25) is 9.59 Å². The first-order valence-corrected chi connectivity index (χ1v) is 8.79. The molecule has 3 aromatic rings. The van der Waals surface area contributed by atoms with Crippen LogP contribution in [0.25, 0.3) is 10.9 Å². The average Bonchev–Trinajstić information content (AvgIpc) is 3.07. The fourth-order valence-corrected chi connectivity index (χ4v) is 2.95. The summed E-state index contributed by atoms with van der Waals surface area (Å²) in [6.07, 6.45) is 2.54. The smallest absolute Gasteiger partial charge is 0.313 e. The fourth-order valence-electron chi connectivity index (χ4n) is 2.58. The molecule has 0 radical (unpaired) electrons. The third-order valence-corrected chi connectivity index (χ3v) is 4.44. The lowest BCUT2D eigenvalue weighted by Gasteiger charge is -2.07. The predicted molar refractivity (Wildman–Crippen MR) is 102 cm³/mol. The highest BCUT2D eigenvalue weighted by molar-refractivity contribution is 8.03. The van der Waals surface area contributed by atoms with Gasteiger partial charge in [0.1, 0.15) is 5.40 Å². The Morgan fingerprint density at radius 1 is 1.08 bits per heavy atom. The van der Waals surface area contributed by atoms with Gasteiger partial charge < -0.3 is 15.6 Å². The van der Waals surface area contributed by atoms with Crippen LogP contribution in [0.4, 0.5) is 5.69 Å². The molecule has 0 unspecified atom stereocenters. The number of thioether (sulfide) groups is 1. The first kappa shape index (κ1) is 17.6. The molecule has 3 rings (SSSR count). The minimum absolute atomic E-state index is 0.367. The Bertz CT molecular complexity index is 973. The Morgan fingerprint density at radius 2 is 1.85 bits per heavy atom. The molecule has 0 saturated heterocycles. The highest BCUT2D eigenvalue weighted by Crippen LogP contribution is 2.19. The van der Waals surface area contributed by atoms with Gasteiger partial charge in [-0.2, -0.15) is 5.26 Å². The Labute approximate surface area is 154 Å². The van der Waals surface area contributed by atoms with E-state index in [4.69, 9.17) is 5.26 Å². The van der Waals surface area contributed by atoms with Crippen LogP contribution in [0, 0.1) is 10.7 Å². The number of carbonyl (C=O) groups excluding carboxylic acids is 2. The SMILES string of the molecule is N#CSc1ccc(NC(=O)C(=O)NCCc2c[nH]c3ccccc23)cc1. The summed E-state index contributed by atoms with van der Waals surface area (Å²) in [5.74, 6) is -1.40. The van der Waals surface area contributed by atoms with Crippen LogP contribution in [0.1, 0.15) is 5.56 Å². The molecule has 26 heavy (non-hydrogen) atoms. The number of nitrogens with one attached hydrogen (secondary N) is 3. The van der Waals surface area contributed by atoms with Crippen LogP contribution in [-0.2, 0) is 16.0 Å². The van der Waals surface area contributed by atoms with Gasteiger partial charge in [0.15, 0.2) is 0 Å². The molecular weight excluding hydrogens is 348 g/mol. The zero-order valence-corrected chi connectivity index (χ0v) is 14.6. The number of thiocyanates is 1. The standard InChI is InChI=1S/C19H16N4O2S/c20-12-26-15-7-5-14(6-8-15)23-19(25)18(24)21-10-9-13-11-22-17-4-2-1-3-16(13)17/h1-8,11,22H,9-10H2,(H,21,24)(H,23,25). The Hall–Kier alpha value is -3.24. The van der Waals surface area contributed by atoms with E-state index in [0.717, 1.165) is 33.1 Å². The number of rotatable bonds is 5. The van der Waals surface area contributed by atoms with Crippen LogP contribution < -0.4 is 10.6 Å². The van der Waals surface area contributed by atoms with Crippen molar-refractivity contribution in [3.63, 3.8) is 0 Å². The zero-order valence-electron chi connectivity index (χ0n) is 13.8. The van der Waals surface area contributed by atoms with Gasteiger partial charge in [0, 0.05) is 34.2 Å². The molecule has 7 heteroatoms. The molecule has 0 fully saturated rings. The predicted octanol–water partition coefficient (Wildman–Crippen LogP) is 3.04. The monoisotopic (exact) mass is 364 g/mol. The van der Waals surface area contributed by atoms with Crippen molar-refractivity contribution < 1.29 is 9.59 Å². The van der Waals surface area contributed by atoms with E-state index in [-0.39, 0.29) is 0 Å². The van der Waals surface area contributed by atoms with E-state index in [1.54, 1.807) is 24.3 Å². The minimum Gasteiger partial charge on any atom is -0.361 e. The second-order valence-electron chi connectivity index (χ2n) is 5.54. The van der Waals surface area contributed by atoms with Crippen molar-refractivity contribution in [2.24, 2.45) is 0 Å². The number of hydrogen-bond donors (Lipinski definition) is 3. The molecule has 0 atom stereocenters. The van der Waals surface area contributed by atoms with Gasteiger partial charge in [-0.15, -0.1) is 0 Å². The molecule has 6 nitrogen and oxygen atoms in total. The van der Waals surface area contributed by atoms with Crippen LogP contribution in [-0.4, -0.2) is 23.3 Å². The maximum Gasteiger partial charge on any atom is 0.313 e. The van der Waals surface area contributed by atoms with Crippen molar-refractivity contribution in [1.29, 1.82) is 5.26 Å². The molecular formula is C19H16N4O2S. The van der Waals surface area contributed by atoms with Crippen molar-refractivity contribution in [1.82, 2.24) is 10.3 Å². The number of hydrogen-bond acceptors (Lipinski definition) is 4. The second kappa shape index (κ2) is 8.23. The molecule has 0 bridgehead atoms. The van der Waals surface area contributed by atoms with E-state index < -0.39 is 11.8 Å². The molecule has 0 aliphatic rings. The van der Waals surface area contributed by atoms with Crippen molar-refractivity contribution in [3.05, 3.63) is 60.3 Å². The van der Waals surface area contributed by atoms with E-state index in [9.17, 15) is 9.59 Å². The lowest BCUT2D eigenvalue weighted by molar-refractivity contribution is -0.136. The first-order chi connectivity index (χ1) is 12.7. The largest absolute Gasteiger partial charge is 0.361 e. The van der Waals surface area contributed by atoms with Crippen LogP contribution in [0.2, 0.25) is 0 Å². The fraction of sp³-hybridized carbons (Fsp3) is 0.105. The Kier molecular flexibility index (Phi) is 5.56. The topological polar surface area (TPSA) is 97.8 Å². The molecule has 0 spiro atoms. The van der Waals surface area contributed by atoms with Crippen LogP contribution >= 0.6 is 11.8 Å². The summed E-state index contributed by atoms with van der Waals surface area (Å²) < 4.78 is 0. The minimum atomic E-state index is -0.718. The number of amides is 2. The van der Waals surface area contributed by atoms with E-state index in [2.05, 4.69) is 15.6 Å². The number of para-hydroxylation sites is 1. The lowest BCUT2D eigenvalue weighted by atomic mass is 10.1. The Morgan fingerprint density at radius 3 is 2.62 bits per heavy atom. The maximum absolute atomic E-state index is 11.9. The maximum atomic E-state index is 11.9. The zero-order chi connectivity index (χ0) is 18.4. The van der Waals surface area contributed by atoms with Crippen LogP contribution in [0.5, 0.6) is 0 Å². The van der Waals surface area contributed by atoms with Crippen molar-refractivity contribution in [2.45, 2.75) is 11.3 Å². The average molecular weight is 364 g/mol. The third kappa shape index (κ3) is 4.23. The van der Waals surface area contributed by atoms with Gasteiger partial charge in [0.05, 0.1) is 0 Å². The van der Waals surface area contributed by atoms with Crippen LogP contribution in [0.15, 0.2) is 59.6 Å². The van der Waals surface area contributed by atoms with E-state index in [0.29, 0.717) is 18.7 Å². The third-order valence-electron chi connectivity index (χ3n) is 3.84. The van der Waals surface area contributed by atoms with E-state index >= 15 is 0 Å². The molecule has 0 aliphatic heterocycles. The summed E-state index contributed by atoms with van der Waals surface area (Å²) in [4.78, 5) is 27.8. The molecule has 0 aliphatic carbocycles. The van der Waals surface area contributed by atoms with Crippen molar-refractivity contribution in [2.75, 3.05) is 11.9 Å². The normalized spacial score (nSPS) is 10.3. The molecule has 2 amide bonds. The van der Waals surface area contributed by atoms with Crippen molar-refractivity contribution in [3.8, 4) is 5.40 Å². The van der Waals surface area contributed by atoms with Crippen molar-refractivity contribution >= 4 is 40.2 Å². The Balaban J connectivity index is 1.50. The molecule has 2 aromatic carbocycles. The van der Waals surface area contributed by atoms with E-state index in [1.807, 2.05) is 35.9 Å². The summed E-state index contributed by atoms with van der Waals surface area (Å²) in [5, 5.41) is 16.8. The molecule has 1 heterocycles. The number of fused-ring (bicyclic) bond motifs is 1. The van der Waals surface area contributed by atoms with Gasteiger partial charge in [-0.05, 0) is 54.1 Å². The highest BCUT2D eigenvalue weighted by atomic mass is 32.2. The molecule has 0 saturated carbocycles. The van der Waals surface area contributed by atoms with Crippen LogP contribution in [0.3, 0.4) is 0 Å². The summed E-state index contributed by atoms with van der Waals surface area (Å²) >= 11 is 1.03. The number of aromatic nitrogens is 1. The number of nitrogens with zero attached hydrogens (tertiary/aromatic N) is 1. The number of aromatic amines is 1. The van der Waals surface area contributed by atoms with E-state index in [1.165, 1.54) is 0 Å². The number of benzene rings is 2. The number of H-pyrrole nitrogens is 1. The molecule has 1 aromatic heterocycles. The number of carbonyl (C=O) groups is 2. The summed E-state index contributed by atoms with van der Waals surface area (Å²) in [5.41, 5.74) is 2.64. The van der Waals surface area contributed by atoms with Gasteiger partial charge >= 0.3 is 11.8 Å². The number of nitriles is 1.